The van der Waals surface area contributed by atoms with E-state index < -0.39 is 15.8 Å². The molecule has 2 heterocycles. The summed E-state index contributed by atoms with van der Waals surface area (Å²) in [5, 5.41) is 3.34. The third-order valence-electron chi connectivity index (χ3n) is 5.13. The molecular formula is C17H25ClFN3O3S. The maximum absolute atomic E-state index is 12.9. The first-order chi connectivity index (χ1) is 11.9. The second kappa shape index (κ2) is 8.65. The molecule has 1 amide bonds. The molecule has 6 nitrogen and oxygen atoms in total. The zero-order chi connectivity index (χ0) is 18.0. The van der Waals surface area contributed by atoms with Crippen LogP contribution in [0.1, 0.15) is 12.8 Å². The predicted molar refractivity (Wildman–Crippen MR) is 99.1 cm³/mol. The number of hydrogen-bond donors (Lipinski definition) is 1. The number of benzene rings is 1. The molecule has 2 fully saturated rings. The molecule has 1 aromatic carbocycles. The van der Waals surface area contributed by atoms with Crippen molar-refractivity contribution in [1.82, 2.24) is 14.5 Å². The van der Waals surface area contributed by atoms with Crippen molar-refractivity contribution in [2.24, 2.45) is 11.8 Å². The predicted octanol–water partition coefficient (Wildman–Crippen LogP) is 1.33. The van der Waals surface area contributed by atoms with Crippen LogP contribution in [-0.4, -0.2) is 63.3 Å². The van der Waals surface area contributed by atoms with Crippen LogP contribution in [-0.2, 0) is 14.8 Å². The van der Waals surface area contributed by atoms with Gasteiger partial charge in [0.2, 0.25) is 15.9 Å². The topological polar surface area (TPSA) is 69.7 Å². The highest BCUT2D eigenvalue weighted by Gasteiger charge is 2.37. The smallest absolute Gasteiger partial charge is 0.242 e. The number of sulfonamides is 1. The van der Waals surface area contributed by atoms with Crippen molar-refractivity contribution in [3.8, 4) is 0 Å². The third kappa shape index (κ3) is 4.54. The van der Waals surface area contributed by atoms with E-state index in [0.717, 1.165) is 38.3 Å². The van der Waals surface area contributed by atoms with Crippen LogP contribution in [0, 0.1) is 17.7 Å². The van der Waals surface area contributed by atoms with E-state index in [1.54, 1.807) is 0 Å². The van der Waals surface area contributed by atoms with Crippen LogP contribution in [0.4, 0.5) is 4.39 Å². The van der Waals surface area contributed by atoms with E-state index in [-0.39, 0.29) is 29.8 Å². The molecule has 2 atom stereocenters. The van der Waals surface area contributed by atoms with E-state index in [4.69, 9.17) is 0 Å². The molecule has 26 heavy (non-hydrogen) atoms. The van der Waals surface area contributed by atoms with Gasteiger partial charge in [0.1, 0.15) is 5.82 Å². The maximum atomic E-state index is 12.9. The molecule has 0 radical (unpaired) electrons. The molecule has 2 aliphatic heterocycles. The van der Waals surface area contributed by atoms with Gasteiger partial charge in [-0.25, -0.2) is 17.1 Å². The molecule has 0 aliphatic carbocycles. The summed E-state index contributed by atoms with van der Waals surface area (Å²) in [5.41, 5.74) is 0. The lowest BCUT2D eigenvalue weighted by Gasteiger charge is -2.20. The minimum Gasteiger partial charge on any atom is -0.342 e. The molecule has 3 rings (SSSR count). The van der Waals surface area contributed by atoms with Gasteiger partial charge in [0.05, 0.1) is 4.90 Å². The van der Waals surface area contributed by atoms with Crippen LogP contribution in [0.2, 0.25) is 0 Å². The summed E-state index contributed by atoms with van der Waals surface area (Å²) >= 11 is 0. The molecule has 0 bridgehead atoms. The highest BCUT2D eigenvalue weighted by Crippen LogP contribution is 2.26. The molecule has 1 aromatic rings. The minimum absolute atomic E-state index is 0. The second-order valence-corrected chi connectivity index (χ2v) is 8.91. The van der Waals surface area contributed by atoms with Crippen molar-refractivity contribution < 1.29 is 17.6 Å². The average molecular weight is 406 g/mol. The largest absolute Gasteiger partial charge is 0.342 e. The lowest BCUT2D eigenvalue weighted by molar-refractivity contribution is -0.130. The molecule has 1 N–H and O–H groups in total. The third-order valence-corrected chi connectivity index (χ3v) is 7.00. The fourth-order valence-corrected chi connectivity index (χ4v) is 4.79. The van der Waals surface area contributed by atoms with Crippen LogP contribution in [0.5, 0.6) is 0 Å². The highest BCUT2D eigenvalue weighted by molar-refractivity contribution is 7.89. The first-order valence-electron chi connectivity index (χ1n) is 8.58. The molecule has 0 spiro atoms. The molecule has 0 aromatic heterocycles. The SMILES string of the molecule is CN(CCCC(=O)N1C[C@H]2CNC[C@H]2C1)S(=O)(=O)c1ccc(F)cc1.Cl. The summed E-state index contributed by atoms with van der Waals surface area (Å²) in [4.78, 5) is 14.3. The van der Waals surface area contributed by atoms with Crippen molar-refractivity contribution in [3.63, 3.8) is 0 Å². The van der Waals surface area contributed by atoms with E-state index in [1.807, 2.05) is 4.90 Å². The quantitative estimate of drug-likeness (QED) is 0.775. The summed E-state index contributed by atoms with van der Waals surface area (Å²) in [6.07, 6.45) is 0.815. The summed E-state index contributed by atoms with van der Waals surface area (Å²) in [6.45, 7) is 3.83. The molecular weight excluding hydrogens is 381 g/mol. The normalized spacial score (nSPS) is 22.3. The molecule has 0 unspecified atom stereocenters. The molecule has 146 valence electrons. The van der Waals surface area contributed by atoms with Crippen LogP contribution in [0.25, 0.3) is 0 Å². The Balaban J connectivity index is 0.00000243. The number of carbonyl (C=O) groups excluding carboxylic acids is 1. The lowest BCUT2D eigenvalue weighted by atomic mass is 10.0. The van der Waals surface area contributed by atoms with Crippen molar-refractivity contribution in [2.75, 3.05) is 39.8 Å². The zero-order valence-electron chi connectivity index (χ0n) is 14.7. The van der Waals surface area contributed by atoms with E-state index >= 15 is 0 Å². The maximum Gasteiger partial charge on any atom is 0.242 e. The van der Waals surface area contributed by atoms with Crippen LogP contribution in [0.3, 0.4) is 0 Å². The summed E-state index contributed by atoms with van der Waals surface area (Å²) in [5.74, 6) is 0.746. The summed E-state index contributed by atoms with van der Waals surface area (Å²) in [6, 6.07) is 4.76. The van der Waals surface area contributed by atoms with E-state index in [2.05, 4.69) is 5.32 Å². The fraction of sp³-hybridized carbons (Fsp3) is 0.588. The number of likely N-dealkylation sites (tertiary alicyclic amines) is 1. The Morgan fingerprint density at radius 3 is 2.38 bits per heavy atom. The van der Waals surface area contributed by atoms with Gasteiger partial charge in [0.25, 0.3) is 0 Å². The lowest BCUT2D eigenvalue weighted by Crippen LogP contribution is -2.33. The van der Waals surface area contributed by atoms with Gasteiger partial charge in [-0.05, 0) is 42.5 Å². The van der Waals surface area contributed by atoms with Gasteiger partial charge in [0.15, 0.2) is 0 Å². The van der Waals surface area contributed by atoms with E-state index in [9.17, 15) is 17.6 Å². The van der Waals surface area contributed by atoms with Crippen molar-refractivity contribution in [2.45, 2.75) is 17.7 Å². The van der Waals surface area contributed by atoms with Crippen LogP contribution < -0.4 is 5.32 Å². The average Bonchev–Trinajstić information content (AvgIpc) is 3.16. The van der Waals surface area contributed by atoms with Gasteiger partial charge >= 0.3 is 0 Å². The van der Waals surface area contributed by atoms with Crippen LogP contribution in [0.15, 0.2) is 29.2 Å². The number of nitrogens with zero attached hydrogens (tertiary/aromatic N) is 2. The number of fused-ring (bicyclic) bond motifs is 1. The van der Waals surface area contributed by atoms with Gasteiger partial charge in [0, 0.05) is 46.2 Å². The second-order valence-electron chi connectivity index (χ2n) is 6.86. The summed E-state index contributed by atoms with van der Waals surface area (Å²) < 4.78 is 39.0. The Morgan fingerprint density at radius 1 is 1.23 bits per heavy atom. The molecule has 0 saturated carbocycles. The number of rotatable bonds is 6. The number of carbonyl (C=O) groups is 1. The van der Waals surface area contributed by atoms with Gasteiger partial charge in [-0.15, -0.1) is 12.4 Å². The minimum atomic E-state index is -3.65. The van der Waals surface area contributed by atoms with Crippen molar-refractivity contribution in [3.05, 3.63) is 30.1 Å². The van der Waals surface area contributed by atoms with Gasteiger partial charge in [-0.2, -0.15) is 0 Å². The highest BCUT2D eigenvalue weighted by atomic mass is 35.5. The molecule has 2 aliphatic rings. The Labute approximate surface area is 160 Å². The first kappa shape index (κ1) is 21.1. The van der Waals surface area contributed by atoms with Gasteiger partial charge in [-0.1, -0.05) is 0 Å². The first-order valence-corrected chi connectivity index (χ1v) is 10.0. The van der Waals surface area contributed by atoms with Crippen molar-refractivity contribution in [1.29, 1.82) is 0 Å². The molecule has 2 saturated heterocycles. The number of nitrogens with one attached hydrogen (secondary N) is 1. The number of hydrogen-bond acceptors (Lipinski definition) is 4. The Kier molecular flexibility index (Phi) is 7.01. The Morgan fingerprint density at radius 2 is 1.81 bits per heavy atom. The Bertz CT molecular complexity index is 717. The fourth-order valence-electron chi connectivity index (χ4n) is 3.58. The molecule has 9 heteroatoms. The van der Waals surface area contributed by atoms with Gasteiger partial charge < -0.3 is 10.2 Å². The Hall–Kier alpha value is -1.22. The monoisotopic (exact) mass is 405 g/mol. The van der Waals surface area contributed by atoms with Crippen molar-refractivity contribution >= 4 is 28.3 Å². The van der Waals surface area contributed by atoms with Crippen LogP contribution >= 0.6 is 12.4 Å². The van der Waals surface area contributed by atoms with E-state index in [0.29, 0.717) is 24.7 Å². The zero-order valence-corrected chi connectivity index (χ0v) is 16.4. The van der Waals surface area contributed by atoms with E-state index in [1.165, 1.54) is 23.5 Å². The number of amides is 1. The summed E-state index contributed by atoms with van der Waals surface area (Å²) in [7, 11) is -2.17. The number of halogens is 2. The van der Waals surface area contributed by atoms with Gasteiger partial charge in [-0.3, -0.25) is 4.79 Å². The standard InChI is InChI=1S/C17H24FN3O3S.ClH/c1-20(25(23,24)16-6-4-15(18)5-7-16)8-2-3-17(22)21-11-13-9-19-10-14(13)12-21;/h4-7,13-14,19H,2-3,8-12H2,1H3;1H/t13-,14+;.